The number of carbonyl (C=O) groups is 5. The average Bonchev–Trinajstić information content (AvgIpc) is 3.50. The molecule has 13 heteroatoms. The van der Waals surface area contributed by atoms with Gasteiger partial charge < -0.3 is 25.3 Å². The predicted molar refractivity (Wildman–Crippen MR) is 183 cm³/mol. The molecule has 0 fully saturated rings. The summed E-state index contributed by atoms with van der Waals surface area (Å²) in [6.07, 6.45) is -0.0447. The van der Waals surface area contributed by atoms with E-state index in [0.717, 1.165) is 5.56 Å². The lowest BCUT2D eigenvalue weighted by molar-refractivity contribution is -0.148. The zero-order valence-electron chi connectivity index (χ0n) is 27.0. The molecule has 11 nitrogen and oxygen atoms in total. The van der Waals surface area contributed by atoms with Crippen molar-refractivity contribution in [1.82, 2.24) is 10.6 Å². The Hall–Kier alpha value is -4.74. The lowest BCUT2D eigenvalue weighted by atomic mass is 9.84. The molecule has 0 saturated heterocycles. The van der Waals surface area contributed by atoms with Crippen LogP contribution in [0.4, 0.5) is 0 Å². The number of esters is 1. The van der Waals surface area contributed by atoms with Crippen LogP contribution in [0, 0.1) is 5.92 Å². The van der Waals surface area contributed by atoms with Crippen LogP contribution < -0.4 is 10.6 Å². The first-order valence-corrected chi connectivity index (χ1v) is 16.4. The van der Waals surface area contributed by atoms with Crippen LogP contribution >= 0.6 is 23.2 Å². The second-order valence-electron chi connectivity index (χ2n) is 12.0. The molecule has 49 heavy (non-hydrogen) atoms. The van der Waals surface area contributed by atoms with Crippen molar-refractivity contribution in [3.05, 3.63) is 106 Å². The van der Waals surface area contributed by atoms with Gasteiger partial charge in [0, 0.05) is 19.3 Å². The summed E-state index contributed by atoms with van der Waals surface area (Å²) in [5, 5.41) is 19.4. The summed E-state index contributed by atoms with van der Waals surface area (Å²) in [5.41, 5.74) is 0.314. The largest absolute Gasteiger partial charge is 0.481 e. The highest BCUT2D eigenvalue weighted by molar-refractivity contribution is 6.39. The number of carboxylic acids is 1. The first kappa shape index (κ1) is 37.1. The van der Waals surface area contributed by atoms with E-state index in [1.807, 2.05) is 50.2 Å². The molecule has 0 aromatic heterocycles. The van der Waals surface area contributed by atoms with E-state index in [0.29, 0.717) is 17.7 Å². The topological polar surface area (TPSA) is 160 Å². The third kappa shape index (κ3) is 10.1. The number of Topliss-reactive ketones (excluding diaryl/α,β-unsaturated/α-hetero) is 1. The molecular formula is C36H37Cl2N3O8. The first-order chi connectivity index (χ1) is 23.4. The molecule has 0 aliphatic carbocycles. The van der Waals surface area contributed by atoms with Gasteiger partial charge in [0.05, 0.1) is 33.8 Å². The molecule has 0 spiro atoms. The van der Waals surface area contributed by atoms with Crippen LogP contribution in [0.1, 0.15) is 54.6 Å². The molecule has 0 radical (unpaired) electrons. The molecule has 3 unspecified atom stereocenters. The van der Waals surface area contributed by atoms with Crippen molar-refractivity contribution in [1.29, 1.82) is 0 Å². The van der Waals surface area contributed by atoms with Crippen LogP contribution in [0.3, 0.4) is 0 Å². The Morgan fingerprint density at radius 3 is 2.10 bits per heavy atom. The van der Waals surface area contributed by atoms with Crippen LogP contribution in [0.15, 0.2) is 84.0 Å². The average molecular weight is 711 g/mol. The molecule has 4 rings (SSSR count). The smallest absolute Gasteiger partial charge is 0.341 e. The summed E-state index contributed by atoms with van der Waals surface area (Å²) in [5.74, 6) is -4.37. The molecule has 258 valence electrons. The van der Waals surface area contributed by atoms with Crippen LogP contribution in [-0.4, -0.2) is 64.6 Å². The summed E-state index contributed by atoms with van der Waals surface area (Å²) in [6, 6.07) is 20.8. The predicted octanol–water partition coefficient (Wildman–Crippen LogP) is 5.21. The van der Waals surface area contributed by atoms with Crippen molar-refractivity contribution in [3.63, 3.8) is 0 Å². The number of aliphatic carboxylic acids is 1. The molecule has 3 atom stereocenters. The van der Waals surface area contributed by atoms with E-state index in [-0.39, 0.29) is 46.7 Å². The highest BCUT2D eigenvalue weighted by Crippen LogP contribution is 2.32. The number of aryl methyl sites for hydroxylation is 1. The maximum absolute atomic E-state index is 14.1. The third-order valence-electron chi connectivity index (χ3n) is 7.96. The van der Waals surface area contributed by atoms with Crippen molar-refractivity contribution in [3.8, 4) is 0 Å². The van der Waals surface area contributed by atoms with Gasteiger partial charge in [-0.2, -0.15) is 0 Å². The zero-order valence-corrected chi connectivity index (χ0v) is 28.5. The van der Waals surface area contributed by atoms with Gasteiger partial charge in [0.25, 0.3) is 5.91 Å². The fourth-order valence-electron chi connectivity index (χ4n) is 5.39. The molecular weight excluding hydrogens is 673 g/mol. The summed E-state index contributed by atoms with van der Waals surface area (Å²) in [4.78, 5) is 70.6. The number of halogens is 2. The molecule has 3 aromatic rings. The van der Waals surface area contributed by atoms with E-state index in [2.05, 4.69) is 15.8 Å². The molecule has 1 heterocycles. The second kappa shape index (κ2) is 17.1. The van der Waals surface area contributed by atoms with Gasteiger partial charge in [-0.3, -0.25) is 19.2 Å². The van der Waals surface area contributed by atoms with Crippen LogP contribution in [0.2, 0.25) is 10.0 Å². The van der Waals surface area contributed by atoms with E-state index >= 15 is 0 Å². The van der Waals surface area contributed by atoms with Gasteiger partial charge in [-0.25, -0.2) is 4.79 Å². The number of benzene rings is 3. The number of carbonyl (C=O) groups excluding carboxylic acids is 4. The van der Waals surface area contributed by atoms with E-state index in [1.165, 1.54) is 18.2 Å². The van der Waals surface area contributed by atoms with Crippen molar-refractivity contribution < 1.29 is 38.7 Å². The first-order valence-electron chi connectivity index (χ1n) is 15.7. The number of rotatable bonds is 16. The van der Waals surface area contributed by atoms with Gasteiger partial charge in [-0.1, -0.05) is 109 Å². The minimum Gasteiger partial charge on any atom is -0.481 e. The second-order valence-corrected chi connectivity index (χ2v) is 12.9. The quantitative estimate of drug-likeness (QED) is 0.171. The third-order valence-corrected chi connectivity index (χ3v) is 8.59. The molecule has 2 amide bonds. The lowest BCUT2D eigenvalue weighted by Gasteiger charge is -2.29. The van der Waals surface area contributed by atoms with Gasteiger partial charge in [0.1, 0.15) is 6.04 Å². The Morgan fingerprint density at radius 2 is 1.51 bits per heavy atom. The Balaban J connectivity index is 1.50. The van der Waals surface area contributed by atoms with Gasteiger partial charge in [-0.15, -0.1) is 0 Å². The number of nitrogens with one attached hydrogen (secondary N) is 2. The summed E-state index contributed by atoms with van der Waals surface area (Å²) in [6.45, 7) is 2.94. The van der Waals surface area contributed by atoms with Gasteiger partial charge in [-0.05, 0) is 35.6 Å². The van der Waals surface area contributed by atoms with Gasteiger partial charge >= 0.3 is 11.9 Å². The van der Waals surface area contributed by atoms with Crippen molar-refractivity contribution in [2.24, 2.45) is 11.1 Å². The summed E-state index contributed by atoms with van der Waals surface area (Å²) in [7, 11) is 0. The van der Waals surface area contributed by atoms with E-state index in [4.69, 9.17) is 32.8 Å². The lowest BCUT2D eigenvalue weighted by Crippen LogP contribution is -2.55. The number of oxime groups is 1. The highest BCUT2D eigenvalue weighted by Gasteiger charge is 2.49. The number of ketones is 1. The van der Waals surface area contributed by atoms with Gasteiger partial charge in [0.2, 0.25) is 11.5 Å². The number of hydrogen-bond donors (Lipinski definition) is 3. The SMILES string of the molecule is CC(C)C(NC(=O)CCc1ccccc1)C1=NOC(Cc2ccccc2)(C(=O)NC(CC(=O)O)C(=O)COC(=O)c2c(Cl)cccc2Cl)C1. The molecule has 1 aliphatic rings. The normalized spacial score (nSPS) is 16.6. The van der Waals surface area contributed by atoms with E-state index in [1.54, 1.807) is 24.3 Å². The molecule has 3 N–H and O–H groups in total. The summed E-state index contributed by atoms with van der Waals surface area (Å²) >= 11 is 12.1. The molecule has 1 aliphatic heterocycles. The number of carboxylic acid groups (broad SMARTS) is 1. The fraction of sp³-hybridized carbons (Fsp3) is 0.333. The summed E-state index contributed by atoms with van der Waals surface area (Å²) < 4.78 is 5.11. The van der Waals surface area contributed by atoms with Crippen molar-refractivity contribution in [2.45, 2.75) is 63.6 Å². The minimum atomic E-state index is -1.68. The monoisotopic (exact) mass is 709 g/mol. The minimum absolute atomic E-state index is 0.00413. The number of nitrogens with zero attached hydrogens (tertiary/aromatic N) is 1. The Labute approximate surface area is 293 Å². The van der Waals surface area contributed by atoms with Crippen LogP contribution in [-0.2, 0) is 41.6 Å². The standard InChI is InChI=1S/C36H37Cl2N3O8/c1-22(2)33(40-30(43)17-16-23-10-5-3-6-11-23)28-20-36(49-41-28,19-24-12-7-4-8-13-24)35(47)39-27(18-31(44)45)29(42)21-48-34(46)32-25(37)14-9-15-26(32)38/h3-15,22,27,33H,16-21H2,1-2H3,(H,39,47)(H,40,43)(H,44,45). The van der Waals surface area contributed by atoms with Crippen molar-refractivity contribution in [2.75, 3.05) is 6.61 Å². The molecule has 3 aromatic carbocycles. The van der Waals surface area contributed by atoms with E-state index in [9.17, 15) is 29.1 Å². The molecule has 0 bridgehead atoms. The van der Waals surface area contributed by atoms with Crippen LogP contribution in [0.25, 0.3) is 0 Å². The van der Waals surface area contributed by atoms with E-state index < -0.39 is 54.3 Å². The Bertz CT molecular complexity index is 1680. The number of ether oxygens (including phenoxy) is 1. The fourth-order valence-corrected chi connectivity index (χ4v) is 5.94. The van der Waals surface area contributed by atoms with Gasteiger partial charge in [0.15, 0.2) is 12.4 Å². The maximum Gasteiger partial charge on any atom is 0.341 e. The zero-order chi connectivity index (χ0) is 35.6. The maximum atomic E-state index is 14.1. The van der Waals surface area contributed by atoms with Crippen molar-refractivity contribution >= 4 is 58.4 Å². The number of hydrogen-bond acceptors (Lipinski definition) is 8. The Kier molecular flexibility index (Phi) is 12.9. The molecule has 0 saturated carbocycles. The Morgan fingerprint density at radius 1 is 0.898 bits per heavy atom. The highest BCUT2D eigenvalue weighted by atomic mass is 35.5. The van der Waals surface area contributed by atoms with Crippen LogP contribution in [0.5, 0.6) is 0 Å². The number of amides is 2.